The lowest BCUT2D eigenvalue weighted by Crippen LogP contribution is -2.44. The van der Waals surface area contributed by atoms with Crippen LogP contribution in [-0.2, 0) is 4.79 Å². The molecule has 0 saturated heterocycles. The highest BCUT2D eigenvalue weighted by Gasteiger charge is 2.03. The molecule has 114 valence electrons. The molecule has 0 aromatic heterocycles. The van der Waals surface area contributed by atoms with Gasteiger partial charge in [0.05, 0.1) is 5.75 Å². The van der Waals surface area contributed by atoms with Crippen molar-refractivity contribution in [2.75, 3.05) is 11.1 Å². The fourth-order valence-corrected chi connectivity index (χ4v) is 2.66. The number of para-hydroxylation sites is 1. The fraction of sp³-hybridized carbons (Fsp3) is 0.0667. The third kappa shape index (κ3) is 6.05. The first-order valence-electron chi connectivity index (χ1n) is 6.43. The molecular formula is C15H14BrN3OS2. The SMILES string of the molecule is O=C(CSc1ccc(Br)cc1)NNC(=S)Nc1ccccc1. The molecule has 0 saturated carbocycles. The zero-order chi connectivity index (χ0) is 15.8. The summed E-state index contributed by atoms with van der Waals surface area (Å²) in [7, 11) is 0. The van der Waals surface area contributed by atoms with Crippen molar-refractivity contribution in [1.82, 2.24) is 10.9 Å². The average Bonchev–Trinajstić information content (AvgIpc) is 2.53. The number of rotatable bonds is 4. The van der Waals surface area contributed by atoms with Gasteiger partial charge in [0.25, 0.3) is 0 Å². The summed E-state index contributed by atoms with van der Waals surface area (Å²) < 4.78 is 1.01. The van der Waals surface area contributed by atoms with E-state index in [9.17, 15) is 4.79 Å². The third-order valence-electron chi connectivity index (χ3n) is 2.53. The van der Waals surface area contributed by atoms with Gasteiger partial charge in [0, 0.05) is 15.1 Å². The largest absolute Gasteiger partial charge is 0.331 e. The molecule has 22 heavy (non-hydrogen) atoms. The van der Waals surface area contributed by atoms with E-state index in [1.54, 1.807) is 0 Å². The van der Waals surface area contributed by atoms with Gasteiger partial charge in [-0.1, -0.05) is 34.1 Å². The van der Waals surface area contributed by atoms with Gasteiger partial charge in [-0.25, -0.2) is 0 Å². The van der Waals surface area contributed by atoms with Crippen molar-refractivity contribution in [1.29, 1.82) is 0 Å². The Labute approximate surface area is 147 Å². The van der Waals surface area contributed by atoms with Gasteiger partial charge in [0.2, 0.25) is 5.91 Å². The Morgan fingerprint density at radius 3 is 2.41 bits per heavy atom. The molecule has 4 nitrogen and oxygen atoms in total. The van der Waals surface area contributed by atoms with Crippen molar-refractivity contribution in [2.45, 2.75) is 4.90 Å². The van der Waals surface area contributed by atoms with Gasteiger partial charge >= 0.3 is 0 Å². The highest BCUT2D eigenvalue weighted by molar-refractivity contribution is 9.10. The van der Waals surface area contributed by atoms with Crippen LogP contribution in [0.1, 0.15) is 0 Å². The number of hydrogen-bond donors (Lipinski definition) is 3. The van der Waals surface area contributed by atoms with Gasteiger partial charge in [-0.15, -0.1) is 11.8 Å². The van der Waals surface area contributed by atoms with Crippen LogP contribution >= 0.6 is 39.9 Å². The van der Waals surface area contributed by atoms with Gasteiger partial charge in [-0.3, -0.25) is 15.6 Å². The van der Waals surface area contributed by atoms with Gasteiger partial charge in [0.15, 0.2) is 5.11 Å². The van der Waals surface area contributed by atoms with Crippen molar-refractivity contribution in [3.05, 3.63) is 59.1 Å². The lowest BCUT2D eigenvalue weighted by molar-refractivity contribution is -0.119. The van der Waals surface area contributed by atoms with E-state index in [2.05, 4.69) is 32.1 Å². The second kappa shape index (κ2) is 8.77. The number of thiocarbonyl (C=S) groups is 1. The van der Waals surface area contributed by atoms with E-state index >= 15 is 0 Å². The number of nitrogens with one attached hydrogen (secondary N) is 3. The van der Waals surface area contributed by atoms with Crippen LogP contribution in [0.15, 0.2) is 64.0 Å². The predicted octanol–water partition coefficient (Wildman–Crippen LogP) is 3.56. The Hall–Kier alpha value is -1.57. The van der Waals surface area contributed by atoms with E-state index in [0.29, 0.717) is 10.9 Å². The summed E-state index contributed by atoms with van der Waals surface area (Å²) in [5, 5.41) is 3.31. The van der Waals surface area contributed by atoms with E-state index in [1.807, 2.05) is 54.6 Å². The van der Waals surface area contributed by atoms with E-state index in [-0.39, 0.29) is 5.91 Å². The van der Waals surface area contributed by atoms with E-state index in [4.69, 9.17) is 12.2 Å². The molecule has 0 aliphatic rings. The van der Waals surface area contributed by atoms with Crippen LogP contribution in [-0.4, -0.2) is 16.8 Å². The van der Waals surface area contributed by atoms with Gasteiger partial charge < -0.3 is 5.32 Å². The summed E-state index contributed by atoms with van der Waals surface area (Å²) in [5.41, 5.74) is 6.10. The maximum absolute atomic E-state index is 11.7. The standard InChI is InChI=1S/C15H14BrN3OS2/c16-11-6-8-13(9-7-11)22-10-14(20)18-19-15(21)17-12-4-2-1-3-5-12/h1-9H,10H2,(H,18,20)(H2,17,19,21). The molecule has 2 aromatic rings. The summed E-state index contributed by atoms with van der Waals surface area (Å²) in [6.07, 6.45) is 0. The molecule has 1 amide bonds. The number of halogens is 1. The second-order valence-corrected chi connectivity index (χ2v) is 6.61. The summed E-state index contributed by atoms with van der Waals surface area (Å²) in [5.74, 6) is 0.160. The smallest absolute Gasteiger partial charge is 0.248 e. The van der Waals surface area contributed by atoms with Gasteiger partial charge in [-0.05, 0) is 48.6 Å². The van der Waals surface area contributed by atoms with Crippen molar-refractivity contribution in [2.24, 2.45) is 0 Å². The number of amides is 1. The molecule has 0 radical (unpaired) electrons. The molecule has 0 aliphatic heterocycles. The number of carbonyl (C=O) groups excluding carboxylic acids is 1. The Morgan fingerprint density at radius 1 is 1.05 bits per heavy atom. The summed E-state index contributed by atoms with van der Waals surface area (Å²) in [6, 6.07) is 17.3. The second-order valence-electron chi connectivity index (χ2n) is 4.24. The molecule has 0 unspecified atom stereocenters. The van der Waals surface area contributed by atoms with Crippen molar-refractivity contribution in [3.8, 4) is 0 Å². The molecule has 0 spiro atoms. The van der Waals surface area contributed by atoms with Crippen LogP contribution in [0, 0.1) is 0 Å². The summed E-state index contributed by atoms with van der Waals surface area (Å²) in [4.78, 5) is 12.8. The highest BCUT2D eigenvalue weighted by Crippen LogP contribution is 2.20. The monoisotopic (exact) mass is 395 g/mol. The average molecular weight is 396 g/mol. The normalized spacial score (nSPS) is 9.86. The Bertz CT molecular complexity index is 635. The first-order valence-corrected chi connectivity index (χ1v) is 8.61. The first-order chi connectivity index (χ1) is 10.6. The quantitative estimate of drug-likeness (QED) is 0.419. The third-order valence-corrected chi connectivity index (χ3v) is 4.28. The van der Waals surface area contributed by atoms with Crippen LogP contribution in [0.3, 0.4) is 0 Å². The molecule has 0 fully saturated rings. The van der Waals surface area contributed by atoms with Crippen LogP contribution in [0.2, 0.25) is 0 Å². The summed E-state index contributed by atoms with van der Waals surface area (Å²) >= 11 is 9.93. The van der Waals surface area contributed by atoms with E-state index < -0.39 is 0 Å². The Morgan fingerprint density at radius 2 is 1.73 bits per heavy atom. The van der Waals surface area contributed by atoms with Crippen LogP contribution in [0.4, 0.5) is 5.69 Å². The zero-order valence-corrected chi connectivity index (χ0v) is 14.7. The van der Waals surface area contributed by atoms with Crippen LogP contribution in [0.5, 0.6) is 0 Å². The molecule has 0 bridgehead atoms. The van der Waals surface area contributed by atoms with Crippen molar-refractivity contribution >= 4 is 56.6 Å². The maximum Gasteiger partial charge on any atom is 0.248 e. The number of hydrazine groups is 1. The van der Waals surface area contributed by atoms with Crippen LogP contribution < -0.4 is 16.2 Å². The van der Waals surface area contributed by atoms with Crippen molar-refractivity contribution < 1.29 is 4.79 Å². The number of benzene rings is 2. The minimum absolute atomic E-state index is 0.148. The predicted molar refractivity (Wildman–Crippen MR) is 98.8 cm³/mol. The topological polar surface area (TPSA) is 53.2 Å². The first kappa shape index (κ1) is 16.8. The van der Waals surface area contributed by atoms with Gasteiger partial charge in [-0.2, -0.15) is 0 Å². The minimum Gasteiger partial charge on any atom is -0.331 e. The number of hydrogen-bond acceptors (Lipinski definition) is 3. The molecule has 0 atom stereocenters. The molecule has 0 aliphatic carbocycles. The van der Waals surface area contributed by atoms with E-state index in [1.165, 1.54) is 11.8 Å². The lowest BCUT2D eigenvalue weighted by atomic mass is 10.3. The number of anilines is 1. The van der Waals surface area contributed by atoms with E-state index in [0.717, 1.165) is 15.1 Å². The Balaban J connectivity index is 1.69. The molecule has 2 aromatic carbocycles. The fourth-order valence-electron chi connectivity index (χ4n) is 1.53. The highest BCUT2D eigenvalue weighted by atomic mass is 79.9. The number of thioether (sulfide) groups is 1. The zero-order valence-electron chi connectivity index (χ0n) is 11.5. The number of carbonyl (C=O) groups is 1. The molecule has 0 heterocycles. The summed E-state index contributed by atoms with van der Waals surface area (Å²) in [6.45, 7) is 0. The molecule has 3 N–H and O–H groups in total. The van der Waals surface area contributed by atoms with Crippen molar-refractivity contribution in [3.63, 3.8) is 0 Å². The van der Waals surface area contributed by atoms with Gasteiger partial charge in [0.1, 0.15) is 0 Å². The lowest BCUT2D eigenvalue weighted by Gasteiger charge is -2.11. The molecule has 2 rings (SSSR count). The molecular weight excluding hydrogens is 382 g/mol. The minimum atomic E-state index is -0.148. The van der Waals surface area contributed by atoms with Crippen LogP contribution in [0.25, 0.3) is 0 Å². The molecule has 7 heteroatoms. The Kier molecular flexibility index (Phi) is 6.70. The maximum atomic E-state index is 11.7.